The minimum absolute atomic E-state index is 0.239. The Bertz CT molecular complexity index is 882. The van der Waals surface area contributed by atoms with Gasteiger partial charge in [-0.05, 0) is 25.3 Å². The Morgan fingerprint density at radius 1 is 1.15 bits per heavy atom. The van der Waals surface area contributed by atoms with E-state index >= 15 is 0 Å². The summed E-state index contributed by atoms with van der Waals surface area (Å²) in [4.78, 5) is 14.6. The molecule has 0 unspecified atom stereocenters. The lowest BCUT2D eigenvalue weighted by molar-refractivity contribution is 0.0850. The standard InChI is InChI=1S/C17H19N5O.C2H6O/c18-16-15-17(21(11-19-15)14-8-4-5-9-14)20-12-22(16)23-10-13-6-2-1-3-7-13;1-2-3/h1-3,6-7,11-12,14,18H,4-5,8-10H2;3H,2H2,1H3. The molecule has 1 aliphatic carbocycles. The molecular formula is C19H25N5O2. The number of benzene rings is 1. The summed E-state index contributed by atoms with van der Waals surface area (Å²) in [6.07, 6.45) is 8.23. The Labute approximate surface area is 152 Å². The fraction of sp³-hybridized carbons (Fsp3) is 0.421. The molecule has 138 valence electrons. The maximum absolute atomic E-state index is 8.31. The molecule has 1 fully saturated rings. The summed E-state index contributed by atoms with van der Waals surface area (Å²) >= 11 is 0. The second kappa shape index (κ2) is 8.62. The van der Waals surface area contributed by atoms with Gasteiger partial charge in [0, 0.05) is 12.6 Å². The van der Waals surface area contributed by atoms with E-state index in [1.54, 1.807) is 13.3 Å². The second-order valence-electron chi connectivity index (χ2n) is 6.26. The molecule has 2 heterocycles. The van der Waals surface area contributed by atoms with Gasteiger partial charge in [0.05, 0.1) is 6.33 Å². The van der Waals surface area contributed by atoms with Crippen LogP contribution in [0.3, 0.4) is 0 Å². The normalized spacial score (nSPS) is 14.2. The Hall–Kier alpha value is -2.67. The quantitative estimate of drug-likeness (QED) is 0.752. The number of hydrogen-bond donors (Lipinski definition) is 2. The summed E-state index contributed by atoms with van der Waals surface area (Å²) in [6, 6.07) is 10.4. The monoisotopic (exact) mass is 355 g/mol. The first kappa shape index (κ1) is 18.1. The van der Waals surface area contributed by atoms with Crippen molar-refractivity contribution in [3.8, 4) is 0 Å². The molecule has 0 amide bonds. The van der Waals surface area contributed by atoms with Crippen molar-refractivity contribution in [3.63, 3.8) is 0 Å². The van der Waals surface area contributed by atoms with Crippen molar-refractivity contribution in [2.45, 2.75) is 45.3 Å². The summed E-state index contributed by atoms with van der Waals surface area (Å²) in [5.74, 6) is 0. The zero-order chi connectivity index (χ0) is 18.4. The van der Waals surface area contributed by atoms with E-state index < -0.39 is 0 Å². The molecule has 1 aromatic carbocycles. The van der Waals surface area contributed by atoms with Gasteiger partial charge >= 0.3 is 0 Å². The van der Waals surface area contributed by atoms with E-state index in [2.05, 4.69) is 14.5 Å². The molecule has 2 aromatic heterocycles. The van der Waals surface area contributed by atoms with Crippen molar-refractivity contribution >= 4 is 11.2 Å². The first-order chi connectivity index (χ1) is 12.7. The summed E-state index contributed by atoms with van der Waals surface area (Å²) in [5, 5.41) is 15.9. The molecule has 0 saturated heterocycles. The van der Waals surface area contributed by atoms with Crippen molar-refractivity contribution < 1.29 is 9.94 Å². The highest BCUT2D eigenvalue weighted by Crippen LogP contribution is 2.30. The Morgan fingerprint density at radius 3 is 2.54 bits per heavy atom. The number of hydrogen-bond acceptors (Lipinski definition) is 5. The number of nitrogens with zero attached hydrogens (tertiary/aromatic N) is 4. The highest BCUT2D eigenvalue weighted by atomic mass is 16.7. The molecule has 0 radical (unpaired) electrons. The molecule has 1 aliphatic rings. The van der Waals surface area contributed by atoms with E-state index in [1.807, 2.05) is 36.7 Å². The number of rotatable bonds is 4. The first-order valence-corrected chi connectivity index (χ1v) is 9.01. The third-order valence-electron chi connectivity index (χ3n) is 4.43. The van der Waals surface area contributed by atoms with Gasteiger partial charge in [0.25, 0.3) is 0 Å². The molecule has 7 nitrogen and oxygen atoms in total. The third kappa shape index (κ3) is 3.94. The third-order valence-corrected chi connectivity index (χ3v) is 4.43. The van der Waals surface area contributed by atoms with Crippen LogP contribution >= 0.6 is 0 Å². The predicted octanol–water partition coefficient (Wildman–Crippen LogP) is 2.45. The van der Waals surface area contributed by atoms with Crippen LogP contribution in [0.1, 0.15) is 44.2 Å². The van der Waals surface area contributed by atoms with Crippen LogP contribution in [0.15, 0.2) is 43.0 Å². The number of aromatic nitrogens is 4. The van der Waals surface area contributed by atoms with E-state index in [9.17, 15) is 0 Å². The maximum atomic E-state index is 8.31. The van der Waals surface area contributed by atoms with Gasteiger partial charge in [0.2, 0.25) is 0 Å². The molecule has 7 heteroatoms. The number of imidazole rings is 1. The van der Waals surface area contributed by atoms with Crippen LogP contribution in [-0.2, 0) is 6.61 Å². The minimum atomic E-state index is 0.239. The summed E-state index contributed by atoms with van der Waals surface area (Å²) < 4.78 is 3.50. The second-order valence-corrected chi connectivity index (χ2v) is 6.26. The van der Waals surface area contributed by atoms with E-state index in [4.69, 9.17) is 15.4 Å². The van der Waals surface area contributed by atoms with E-state index in [1.165, 1.54) is 30.4 Å². The molecule has 1 saturated carbocycles. The van der Waals surface area contributed by atoms with Crippen LogP contribution in [0.4, 0.5) is 0 Å². The van der Waals surface area contributed by atoms with Crippen LogP contribution < -0.4 is 10.3 Å². The molecule has 0 atom stereocenters. The first-order valence-electron chi connectivity index (χ1n) is 9.01. The Kier molecular flexibility index (Phi) is 6.01. The summed E-state index contributed by atoms with van der Waals surface area (Å²) in [6.45, 7) is 2.33. The number of aliphatic hydroxyl groups is 1. The fourth-order valence-electron chi connectivity index (χ4n) is 3.18. The average molecular weight is 355 g/mol. The number of fused-ring (bicyclic) bond motifs is 1. The molecule has 26 heavy (non-hydrogen) atoms. The van der Waals surface area contributed by atoms with Gasteiger partial charge < -0.3 is 14.5 Å². The van der Waals surface area contributed by atoms with E-state index in [0.29, 0.717) is 18.2 Å². The molecule has 4 rings (SSSR count). The molecule has 0 bridgehead atoms. The highest BCUT2D eigenvalue weighted by molar-refractivity contribution is 5.68. The van der Waals surface area contributed by atoms with Gasteiger partial charge in [-0.15, -0.1) is 0 Å². The predicted molar refractivity (Wildman–Crippen MR) is 98.4 cm³/mol. The molecule has 3 aromatic rings. The molecular weight excluding hydrogens is 330 g/mol. The number of nitrogens with one attached hydrogen (secondary N) is 1. The summed E-state index contributed by atoms with van der Waals surface area (Å²) in [7, 11) is 0. The van der Waals surface area contributed by atoms with Gasteiger partial charge in [-0.1, -0.05) is 43.2 Å². The van der Waals surface area contributed by atoms with Crippen molar-refractivity contribution in [1.29, 1.82) is 5.41 Å². The molecule has 2 N–H and O–H groups in total. The zero-order valence-electron chi connectivity index (χ0n) is 15.0. The van der Waals surface area contributed by atoms with E-state index in [0.717, 1.165) is 11.2 Å². The van der Waals surface area contributed by atoms with Gasteiger partial charge in [-0.2, -0.15) is 4.73 Å². The minimum Gasteiger partial charge on any atom is -0.406 e. The Morgan fingerprint density at radius 2 is 1.85 bits per heavy atom. The van der Waals surface area contributed by atoms with Crippen LogP contribution in [-0.4, -0.2) is 31.0 Å². The average Bonchev–Trinajstić information content (AvgIpc) is 3.32. The van der Waals surface area contributed by atoms with E-state index in [-0.39, 0.29) is 12.1 Å². The van der Waals surface area contributed by atoms with Crippen LogP contribution in [0, 0.1) is 5.41 Å². The smallest absolute Gasteiger partial charge is 0.192 e. The van der Waals surface area contributed by atoms with Crippen molar-refractivity contribution in [1.82, 2.24) is 19.3 Å². The van der Waals surface area contributed by atoms with Crippen molar-refractivity contribution in [3.05, 3.63) is 54.0 Å². The van der Waals surface area contributed by atoms with Crippen LogP contribution in [0.2, 0.25) is 0 Å². The summed E-state index contributed by atoms with van der Waals surface area (Å²) in [5.41, 5.74) is 2.66. The maximum Gasteiger partial charge on any atom is 0.192 e. The highest BCUT2D eigenvalue weighted by Gasteiger charge is 2.20. The van der Waals surface area contributed by atoms with Crippen molar-refractivity contribution in [2.24, 2.45) is 0 Å². The van der Waals surface area contributed by atoms with Gasteiger partial charge in [-0.25, -0.2) is 9.97 Å². The molecule has 0 aliphatic heterocycles. The van der Waals surface area contributed by atoms with Crippen molar-refractivity contribution in [2.75, 3.05) is 6.61 Å². The number of aliphatic hydroxyl groups excluding tert-OH is 1. The molecule has 0 spiro atoms. The lowest BCUT2D eigenvalue weighted by Crippen LogP contribution is -2.27. The topological polar surface area (TPSA) is 89.0 Å². The lowest BCUT2D eigenvalue weighted by atomic mass is 10.2. The van der Waals surface area contributed by atoms with Crippen LogP contribution in [0.5, 0.6) is 0 Å². The lowest BCUT2D eigenvalue weighted by Gasteiger charge is -2.12. The van der Waals surface area contributed by atoms with Crippen LogP contribution in [0.25, 0.3) is 11.2 Å². The fourth-order valence-corrected chi connectivity index (χ4v) is 3.18. The largest absolute Gasteiger partial charge is 0.406 e. The zero-order valence-corrected chi connectivity index (χ0v) is 15.0. The SMILES string of the molecule is CCO.N=c1c2ncn(C3CCCC3)c2ncn1OCc1ccccc1. The van der Waals surface area contributed by atoms with Gasteiger partial charge in [-0.3, -0.25) is 5.41 Å². The van der Waals surface area contributed by atoms with Gasteiger partial charge in [0.15, 0.2) is 16.7 Å². The van der Waals surface area contributed by atoms with Gasteiger partial charge in [0.1, 0.15) is 12.9 Å². The Balaban J connectivity index is 0.000000613.